The number of hydrogen-bond donors (Lipinski definition) is 0. The molecule has 3 atom stereocenters. The van der Waals surface area contributed by atoms with Gasteiger partial charge in [-0.15, -0.1) is 0 Å². The molecule has 70 valence electrons. The lowest BCUT2D eigenvalue weighted by Crippen LogP contribution is -2.28. The predicted octanol–water partition coefficient (Wildman–Crippen LogP) is -0.0464. The smallest absolute Gasteiger partial charge is 0.320 e. The van der Waals surface area contributed by atoms with Crippen molar-refractivity contribution in [3.8, 4) is 0 Å². The largest absolute Gasteiger partial charge is 0.468 e. The lowest BCUT2D eigenvalue weighted by molar-refractivity contribution is -0.152. The molecule has 0 N–H and O–H groups in total. The molecular formula is C9H10O4. The molecule has 4 nitrogen and oxygen atoms in total. The molecule has 2 saturated carbocycles. The average molecular weight is 182 g/mol. The van der Waals surface area contributed by atoms with Gasteiger partial charge in [0.15, 0.2) is 5.78 Å². The van der Waals surface area contributed by atoms with E-state index < -0.39 is 17.3 Å². The van der Waals surface area contributed by atoms with Crippen LogP contribution in [0.15, 0.2) is 0 Å². The summed E-state index contributed by atoms with van der Waals surface area (Å²) in [5, 5.41) is 0. The van der Waals surface area contributed by atoms with Crippen molar-refractivity contribution in [3.63, 3.8) is 0 Å². The van der Waals surface area contributed by atoms with E-state index in [1.165, 1.54) is 7.11 Å². The average Bonchev–Trinajstić information content (AvgIpc) is 2.70. The first-order chi connectivity index (χ1) is 6.19. The quantitative estimate of drug-likeness (QED) is 0.341. The second-order valence-corrected chi connectivity index (χ2v) is 3.59. The summed E-state index contributed by atoms with van der Waals surface area (Å²) >= 11 is 0. The molecule has 13 heavy (non-hydrogen) atoms. The number of esters is 1. The molecule has 2 rings (SSSR count). The van der Waals surface area contributed by atoms with Gasteiger partial charge in [0, 0.05) is 12.3 Å². The molecule has 2 fully saturated rings. The Hall–Kier alpha value is -1.19. The molecule has 0 heterocycles. The van der Waals surface area contributed by atoms with E-state index in [1.807, 2.05) is 0 Å². The number of methoxy groups -OCH3 is 1. The number of carbonyl (C=O) groups excluding carboxylic acids is 3. The van der Waals surface area contributed by atoms with Gasteiger partial charge in [-0.25, -0.2) is 0 Å². The molecular weight excluding hydrogens is 172 g/mol. The fourth-order valence-electron chi connectivity index (χ4n) is 2.55. The zero-order valence-electron chi connectivity index (χ0n) is 7.28. The number of fused-ring (bicyclic) bond motifs is 1. The van der Waals surface area contributed by atoms with Gasteiger partial charge in [-0.05, 0) is 12.3 Å². The number of hydrogen-bond acceptors (Lipinski definition) is 4. The minimum atomic E-state index is -1.07. The lowest BCUT2D eigenvalue weighted by Gasteiger charge is -2.07. The molecule has 0 aliphatic heterocycles. The molecule has 0 radical (unpaired) electrons. The summed E-state index contributed by atoms with van der Waals surface area (Å²) in [5.74, 6) is -1.15. The summed E-state index contributed by atoms with van der Waals surface area (Å²) in [6, 6.07) is 0. The molecule has 2 aliphatic rings. The van der Waals surface area contributed by atoms with Gasteiger partial charge in [0.1, 0.15) is 11.7 Å². The van der Waals surface area contributed by atoms with Crippen molar-refractivity contribution in [2.24, 2.45) is 17.3 Å². The van der Waals surface area contributed by atoms with E-state index in [0.29, 0.717) is 19.1 Å². The summed E-state index contributed by atoms with van der Waals surface area (Å²) in [4.78, 5) is 33.4. The number of ketones is 1. The Bertz CT molecular complexity index is 296. The van der Waals surface area contributed by atoms with Gasteiger partial charge >= 0.3 is 5.97 Å². The second-order valence-electron chi connectivity index (χ2n) is 3.59. The SMILES string of the molecule is COC(=O)C12C(=O)CCC1C2C=O. The fraction of sp³-hybridized carbons (Fsp3) is 0.667. The van der Waals surface area contributed by atoms with E-state index in [9.17, 15) is 14.4 Å². The van der Waals surface area contributed by atoms with Crippen LogP contribution in [0.3, 0.4) is 0 Å². The van der Waals surface area contributed by atoms with Crippen molar-refractivity contribution in [1.82, 2.24) is 0 Å². The normalized spacial score (nSPS) is 41.2. The number of carbonyl (C=O) groups is 3. The highest BCUT2D eigenvalue weighted by atomic mass is 16.5. The van der Waals surface area contributed by atoms with Crippen LogP contribution in [0.2, 0.25) is 0 Å². The maximum Gasteiger partial charge on any atom is 0.320 e. The zero-order valence-corrected chi connectivity index (χ0v) is 7.28. The molecule has 4 heteroatoms. The van der Waals surface area contributed by atoms with Gasteiger partial charge in [-0.3, -0.25) is 9.59 Å². The Labute approximate surface area is 75.2 Å². The number of Topliss-reactive ketones (excluding diaryl/α,β-unsaturated/α-hetero) is 1. The van der Waals surface area contributed by atoms with Crippen LogP contribution < -0.4 is 0 Å². The Balaban J connectivity index is 2.34. The topological polar surface area (TPSA) is 60.4 Å². The van der Waals surface area contributed by atoms with E-state index in [2.05, 4.69) is 4.74 Å². The van der Waals surface area contributed by atoms with E-state index in [0.717, 1.165) is 0 Å². The predicted molar refractivity (Wildman–Crippen MR) is 41.7 cm³/mol. The standard InChI is InChI=1S/C9H10O4/c1-13-8(12)9-5(6(9)4-10)2-3-7(9)11/h4-6H,2-3H2,1H3. The van der Waals surface area contributed by atoms with E-state index >= 15 is 0 Å². The van der Waals surface area contributed by atoms with E-state index in [4.69, 9.17) is 0 Å². The van der Waals surface area contributed by atoms with Crippen LogP contribution >= 0.6 is 0 Å². The van der Waals surface area contributed by atoms with Gasteiger partial charge in [0.05, 0.1) is 7.11 Å². The van der Waals surface area contributed by atoms with Gasteiger partial charge in [-0.2, -0.15) is 0 Å². The first kappa shape index (κ1) is 8.41. The van der Waals surface area contributed by atoms with Gasteiger partial charge in [0.25, 0.3) is 0 Å². The summed E-state index contributed by atoms with van der Waals surface area (Å²) in [7, 11) is 1.25. The maximum absolute atomic E-state index is 11.4. The highest BCUT2D eigenvalue weighted by Gasteiger charge is 2.77. The third kappa shape index (κ3) is 0.734. The molecule has 0 aromatic rings. The molecule has 2 aliphatic carbocycles. The fourth-order valence-corrected chi connectivity index (χ4v) is 2.55. The van der Waals surface area contributed by atoms with E-state index in [-0.39, 0.29) is 11.7 Å². The molecule has 0 bridgehead atoms. The highest BCUT2D eigenvalue weighted by Crippen LogP contribution is 2.65. The monoisotopic (exact) mass is 182 g/mol. The summed E-state index contributed by atoms with van der Waals surface area (Å²) in [6.07, 6.45) is 1.76. The summed E-state index contributed by atoms with van der Waals surface area (Å²) < 4.78 is 4.56. The van der Waals surface area contributed by atoms with Crippen LogP contribution in [0.25, 0.3) is 0 Å². The molecule has 0 spiro atoms. The Morgan fingerprint density at radius 3 is 2.85 bits per heavy atom. The van der Waals surface area contributed by atoms with Gasteiger partial charge in [0.2, 0.25) is 0 Å². The Morgan fingerprint density at radius 2 is 2.38 bits per heavy atom. The van der Waals surface area contributed by atoms with Crippen LogP contribution in [0, 0.1) is 17.3 Å². The minimum absolute atomic E-state index is 0.0788. The van der Waals surface area contributed by atoms with Crippen LogP contribution in [0.5, 0.6) is 0 Å². The lowest BCUT2D eigenvalue weighted by atomic mass is 9.99. The third-order valence-electron chi connectivity index (χ3n) is 3.25. The van der Waals surface area contributed by atoms with Crippen molar-refractivity contribution in [3.05, 3.63) is 0 Å². The van der Waals surface area contributed by atoms with Crippen LogP contribution in [-0.2, 0) is 19.1 Å². The Morgan fingerprint density at radius 1 is 1.69 bits per heavy atom. The second kappa shape index (κ2) is 2.40. The molecule has 0 saturated heterocycles. The van der Waals surface area contributed by atoms with Crippen LogP contribution in [0.1, 0.15) is 12.8 Å². The number of ether oxygens (including phenoxy) is 1. The van der Waals surface area contributed by atoms with Crippen LogP contribution in [-0.4, -0.2) is 25.1 Å². The Kier molecular flexibility index (Phi) is 1.55. The molecule has 0 aromatic carbocycles. The maximum atomic E-state index is 11.4. The van der Waals surface area contributed by atoms with E-state index in [1.54, 1.807) is 0 Å². The third-order valence-corrected chi connectivity index (χ3v) is 3.25. The summed E-state index contributed by atoms with van der Waals surface area (Å²) in [5.41, 5.74) is -1.07. The van der Waals surface area contributed by atoms with Crippen molar-refractivity contribution in [2.45, 2.75) is 12.8 Å². The molecule has 0 aromatic heterocycles. The minimum Gasteiger partial charge on any atom is -0.468 e. The van der Waals surface area contributed by atoms with Crippen molar-refractivity contribution < 1.29 is 19.1 Å². The highest BCUT2D eigenvalue weighted by molar-refractivity contribution is 6.12. The number of aldehydes is 1. The zero-order chi connectivity index (χ0) is 9.64. The molecule has 0 amide bonds. The van der Waals surface area contributed by atoms with Gasteiger partial charge in [-0.1, -0.05) is 0 Å². The molecule has 3 unspecified atom stereocenters. The van der Waals surface area contributed by atoms with Crippen LogP contribution in [0.4, 0.5) is 0 Å². The van der Waals surface area contributed by atoms with Crippen molar-refractivity contribution in [2.75, 3.05) is 7.11 Å². The first-order valence-electron chi connectivity index (χ1n) is 4.26. The van der Waals surface area contributed by atoms with Gasteiger partial charge < -0.3 is 9.53 Å². The van der Waals surface area contributed by atoms with Crippen molar-refractivity contribution >= 4 is 18.0 Å². The summed E-state index contributed by atoms with van der Waals surface area (Å²) in [6.45, 7) is 0. The van der Waals surface area contributed by atoms with Crippen molar-refractivity contribution in [1.29, 1.82) is 0 Å². The number of rotatable bonds is 2. The first-order valence-corrected chi connectivity index (χ1v) is 4.26.